The van der Waals surface area contributed by atoms with Gasteiger partial charge >= 0.3 is 0 Å². The van der Waals surface area contributed by atoms with Gasteiger partial charge in [-0.15, -0.1) is 15.3 Å². The number of fused-ring (bicyclic) bond motifs is 2. The molecule has 0 spiro atoms. The van der Waals surface area contributed by atoms with Gasteiger partial charge in [-0.2, -0.15) is 14.3 Å². The SMILES string of the molecule is COc1cc([C@@H]2CC(=O)Nc3c2c(C)nn3-c2ccc3nncn3n2)ccc1OCc1ccc(C)cc1. The number of aryl methyl sites for hydroxylation is 2. The molecule has 2 aromatic carbocycles. The van der Waals surface area contributed by atoms with E-state index >= 15 is 0 Å². The molecule has 5 aromatic rings. The average molecular weight is 496 g/mol. The molecule has 0 unspecified atom stereocenters. The second-order valence-corrected chi connectivity index (χ2v) is 9.07. The van der Waals surface area contributed by atoms with Gasteiger partial charge in [-0.05, 0) is 49.2 Å². The van der Waals surface area contributed by atoms with Crippen LogP contribution in [0.3, 0.4) is 0 Å². The number of hydrogen-bond acceptors (Lipinski definition) is 7. The van der Waals surface area contributed by atoms with Gasteiger partial charge in [0.15, 0.2) is 23.0 Å². The summed E-state index contributed by atoms with van der Waals surface area (Å²) in [5, 5.41) is 20.1. The van der Waals surface area contributed by atoms with Crippen LogP contribution in [-0.4, -0.2) is 42.6 Å². The molecule has 1 N–H and O–H groups in total. The van der Waals surface area contributed by atoms with E-state index in [1.165, 1.54) is 11.9 Å². The largest absolute Gasteiger partial charge is 0.493 e. The Morgan fingerprint density at radius 2 is 1.86 bits per heavy atom. The number of hydrogen-bond donors (Lipinski definition) is 1. The molecule has 0 aliphatic carbocycles. The number of amides is 1. The summed E-state index contributed by atoms with van der Waals surface area (Å²) in [7, 11) is 1.62. The molecule has 0 saturated heterocycles. The van der Waals surface area contributed by atoms with Crippen LogP contribution in [0.1, 0.15) is 40.3 Å². The van der Waals surface area contributed by atoms with Crippen molar-refractivity contribution in [3.05, 3.63) is 88.9 Å². The zero-order valence-corrected chi connectivity index (χ0v) is 20.7. The van der Waals surface area contributed by atoms with E-state index in [2.05, 4.69) is 51.8 Å². The summed E-state index contributed by atoms with van der Waals surface area (Å²) in [6, 6.07) is 17.7. The van der Waals surface area contributed by atoms with Crippen molar-refractivity contribution in [2.45, 2.75) is 32.8 Å². The molecule has 10 nitrogen and oxygen atoms in total. The van der Waals surface area contributed by atoms with E-state index < -0.39 is 0 Å². The Balaban J connectivity index is 1.34. The standard InChI is InChI=1S/C27H25N7O3/c1-16-4-6-18(7-5-16)14-37-21-9-8-19(12-22(21)36-3)20-13-25(35)29-27-26(20)17(2)31-34(27)24-11-10-23-30-28-15-33(23)32-24/h4-12,15,20H,13-14H2,1-3H3,(H,29,35)/t20-/m0/s1. The summed E-state index contributed by atoms with van der Waals surface area (Å²) in [6.07, 6.45) is 1.82. The number of rotatable bonds is 6. The molecule has 0 radical (unpaired) electrons. The number of carbonyl (C=O) groups is 1. The summed E-state index contributed by atoms with van der Waals surface area (Å²) < 4.78 is 15.0. The lowest BCUT2D eigenvalue weighted by atomic mass is 9.85. The van der Waals surface area contributed by atoms with Gasteiger partial charge < -0.3 is 14.8 Å². The third kappa shape index (κ3) is 4.16. The second-order valence-electron chi connectivity index (χ2n) is 9.07. The molecule has 1 aliphatic rings. The first-order chi connectivity index (χ1) is 18.0. The first-order valence-corrected chi connectivity index (χ1v) is 11.9. The molecule has 1 aliphatic heterocycles. The van der Waals surface area contributed by atoms with Gasteiger partial charge in [0.1, 0.15) is 18.8 Å². The Hall–Kier alpha value is -4.73. The highest BCUT2D eigenvalue weighted by molar-refractivity contribution is 5.95. The van der Waals surface area contributed by atoms with Gasteiger partial charge in [-0.3, -0.25) is 4.79 Å². The average Bonchev–Trinajstić information content (AvgIpc) is 3.51. The van der Waals surface area contributed by atoms with Crippen LogP contribution in [0.5, 0.6) is 11.5 Å². The lowest BCUT2D eigenvalue weighted by Gasteiger charge is -2.25. The van der Waals surface area contributed by atoms with Crippen LogP contribution < -0.4 is 14.8 Å². The Bertz CT molecular complexity index is 1620. The molecular formula is C27H25N7O3. The number of benzene rings is 2. The van der Waals surface area contributed by atoms with Crippen molar-refractivity contribution >= 4 is 17.4 Å². The fraction of sp³-hybridized carbons (Fsp3) is 0.222. The van der Waals surface area contributed by atoms with E-state index in [0.29, 0.717) is 41.8 Å². The summed E-state index contributed by atoms with van der Waals surface area (Å²) >= 11 is 0. The van der Waals surface area contributed by atoms with Crippen molar-refractivity contribution in [3.63, 3.8) is 0 Å². The molecule has 3 aromatic heterocycles. The van der Waals surface area contributed by atoms with E-state index in [9.17, 15) is 4.79 Å². The molecule has 6 rings (SSSR count). The molecular weight excluding hydrogens is 470 g/mol. The van der Waals surface area contributed by atoms with Crippen molar-refractivity contribution in [1.82, 2.24) is 29.6 Å². The predicted octanol–water partition coefficient (Wildman–Crippen LogP) is 3.99. The van der Waals surface area contributed by atoms with Crippen LogP contribution in [0.2, 0.25) is 0 Å². The molecule has 4 heterocycles. The van der Waals surface area contributed by atoms with Crippen LogP contribution in [-0.2, 0) is 11.4 Å². The van der Waals surface area contributed by atoms with Gasteiger partial charge in [0, 0.05) is 17.9 Å². The second kappa shape index (κ2) is 9.05. The van der Waals surface area contributed by atoms with Crippen molar-refractivity contribution in [1.29, 1.82) is 0 Å². The first-order valence-electron chi connectivity index (χ1n) is 11.9. The highest BCUT2D eigenvalue weighted by atomic mass is 16.5. The monoisotopic (exact) mass is 495 g/mol. The number of ether oxygens (including phenoxy) is 2. The maximum Gasteiger partial charge on any atom is 0.226 e. The Morgan fingerprint density at radius 3 is 2.68 bits per heavy atom. The van der Waals surface area contributed by atoms with Gasteiger partial charge in [0.25, 0.3) is 0 Å². The molecule has 0 bridgehead atoms. The van der Waals surface area contributed by atoms with Crippen molar-refractivity contribution in [3.8, 4) is 17.3 Å². The topological polar surface area (TPSA) is 108 Å². The summed E-state index contributed by atoms with van der Waals surface area (Å²) in [5.41, 5.74) is 5.60. The van der Waals surface area contributed by atoms with Crippen LogP contribution in [0, 0.1) is 13.8 Å². The fourth-order valence-corrected chi connectivity index (χ4v) is 4.69. The maximum absolute atomic E-state index is 12.8. The van der Waals surface area contributed by atoms with Crippen LogP contribution in [0.25, 0.3) is 11.5 Å². The van der Waals surface area contributed by atoms with Crippen LogP contribution >= 0.6 is 0 Å². The third-order valence-corrected chi connectivity index (χ3v) is 6.57. The number of nitrogens with one attached hydrogen (secondary N) is 1. The third-order valence-electron chi connectivity index (χ3n) is 6.57. The lowest BCUT2D eigenvalue weighted by molar-refractivity contribution is -0.116. The molecule has 186 valence electrons. The summed E-state index contributed by atoms with van der Waals surface area (Å²) in [6.45, 7) is 4.43. The highest BCUT2D eigenvalue weighted by Gasteiger charge is 2.33. The van der Waals surface area contributed by atoms with E-state index in [-0.39, 0.29) is 11.8 Å². The minimum atomic E-state index is -0.198. The zero-order valence-electron chi connectivity index (χ0n) is 20.7. The van der Waals surface area contributed by atoms with E-state index in [1.807, 2.05) is 25.1 Å². The Morgan fingerprint density at radius 1 is 1.03 bits per heavy atom. The summed E-state index contributed by atoms with van der Waals surface area (Å²) in [5.74, 6) is 2.12. The van der Waals surface area contributed by atoms with E-state index in [0.717, 1.165) is 22.4 Å². The van der Waals surface area contributed by atoms with Gasteiger partial charge in [0.05, 0.1) is 12.8 Å². The zero-order chi connectivity index (χ0) is 25.5. The van der Waals surface area contributed by atoms with Crippen molar-refractivity contribution in [2.24, 2.45) is 0 Å². The molecule has 0 fully saturated rings. The smallest absolute Gasteiger partial charge is 0.226 e. The first kappa shape index (κ1) is 22.7. The van der Waals surface area contributed by atoms with E-state index in [4.69, 9.17) is 14.6 Å². The van der Waals surface area contributed by atoms with Crippen LogP contribution in [0.15, 0.2) is 60.9 Å². The number of aromatic nitrogens is 6. The van der Waals surface area contributed by atoms with Crippen molar-refractivity contribution in [2.75, 3.05) is 12.4 Å². The number of nitrogens with zero attached hydrogens (tertiary/aromatic N) is 6. The minimum Gasteiger partial charge on any atom is -0.493 e. The fourth-order valence-electron chi connectivity index (χ4n) is 4.69. The van der Waals surface area contributed by atoms with Crippen molar-refractivity contribution < 1.29 is 14.3 Å². The Labute approximate surface area is 212 Å². The van der Waals surface area contributed by atoms with Gasteiger partial charge in [-0.25, -0.2) is 0 Å². The molecule has 0 saturated carbocycles. The molecule has 1 amide bonds. The highest BCUT2D eigenvalue weighted by Crippen LogP contribution is 2.42. The normalized spacial score (nSPS) is 14.9. The molecule has 1 atom stereocenters. The predicted molar refractivity (Wildman–Crippen MR) is 136 cm³/mol. The lowest BCUT2D eigenvalue weighted by Crippen LogP contribution is -2.25. The Kier molecular flexibility index (Phi) is 5.56. The van der Waals surface area contributed by atoms with Gasteiger partial charge in [-0.1, -0.05) is 35.9 Å². The number of anilines is 1. The van der Waals surface area contributed by atoms with Gasteiger partial charge in [0.2, 0.25) is 5.91 Å². The quantitative estimate of drug-likeness (QED) is 0.379. The van der Waals surface area contributed by atoms with Crippen LogP contribution in [0.4, 0.5) is 5.82 Å². The maximum atomic E-state index is 12.8. The molecule has 37 heavy (non-hydrogen) atoms. The molecule has 10 heteroatoms. The number of methoxy groups -OCH3 is 1. The summed E-state index contributed by atoms with van der Waals surface area (Å²) in [4.78, 5) is 12.8. The number of carbonyl (C=O) groups excluding carboxylic acids is 1. The van der Waals surface area contributed by atoms with E-state index in [1.54, 1.807) is 28.4 Å². The minimum absolute atomic E-state index is 0.0947.